The van der Waals surface area contributed by atoms with E-state index in [2.05, 4.69) is 35.0 Å². The molecule has 2 aliphatic heterocycles. The second kappa shape index (κ2) is 11.3. The highest BCUT2D eigenvalue weighted by molar-refractivity contribution is 5.92. The van der Waals surface area contributed by atoms with E-state index in [1.165, 1.54) is 5.56 Å². The fourth-order valence-electron chi connectivity index (χ4n) is 5.91. The van der Waals surface area contributed by atoms with E-state index in [4.69, 9.17) is 0 Å². The van der Waals surface area contributed by atoms with Crippen LogP contribution in [-0.2, 0) is 29.1 Å². The fourth-order valence-corrected chi connectivity index (χ4v) is 5.91. The number of carbonyl (C=O) groups is 2. The molecule has 2 atom stereocenters. The van der Waals surface area contributed by atoms with E-state index in [0.29, 0.717) is 32.1 Å². The van der Waals surface area contributed by atoms with Gasteiger partial charge in [0.05, 0.1) is 6.42 Å². The van der Waals surface area contributed by atoms with Gasteiger partial charge in [-0.05, 0) is 60.6 Å². The van der Waals surface area contributed by atoms with E-state index in [0.717, 1.165) is 48.2 Å². The smallest absolute Gasteiger partial charge is 0.227 e. The summed E-state index contributed by atoms with van der Waals surface area (Å²) in [7, 11) is 0. The Balaban J connectivity index is 1.50. The molecule has 2 bridgehead atoms. The van der Waals surface area contributed by atoms with Crippen LogP contribution in [0.15, 0.2) is 73.1 Å². The molecule has 6 heteroatoms. The Morgan fingerprint density at radius 3 is 2.51 bits per heavy atom. The first-order valence-electron chi connectivity index (χ1n) is 13.3. The molecular weight excluding hydrogens is 460 g/mol. The van der Waals surface area contributed by atoms with Gasteiger partial charge in [0.2, 0.25) is 11.8 Å². The molecule has 0 saturated carbocycles. The largest absolute Gasteiger partial charge is 0.336 e. The molecule has 37 heavy (non-hydrogen) atoms. The fraction of sp³-hybridized carbons (Fsp3) is 0.387. The van der Waals surface area contributed by atoms with Crippen molar-refractivity contribution in [2.24, 2.45) is 0 Å². The van der Waals surface area contributed by atoms with Crippen molar-refractivity contribution in [2.45, 2.75) is 64.7 Å². The van der Waals surface area contributed by atoms with Gasteiger partial charge in [-0.2, -0.15) is 0 Å². The molecule has 192 valence electrons. The summed E-state index contributed by atoms with van der Waals surface area (Å²) in [6.07, 6.45) is 7.13. The van der Waals surface area contributed by atoms with E-state index in [9.17, 15) is 9.59 Å². The SMILES string of the molecule is CC(=O)N1CCC2CCC(CN(C(=O)Cc3ccccc3C)Cc3ccccc31)N2Cc1cccnc1. The van der Waals surface area contributed by atoms with E-state index in [-0.39, 0.29) is 17.9 Å². The highest BCUT2D eigenvalue weighted by atomic mass is 16.2. The van der Waals surface area contributed by atoms with Crippen molar-refractivity contribution in [3.8, 4) is 0 Å². The zero-order valence-electron chi connectivity index (χ0n) is 21.8. The molecule has 2 aromatic carbocycles. The van der Waals surface area contributed by atoms with E-state index in [1.54, 1.807) is 13.1 Å². The Morgan fingerprint density at radius 1 is 0.946 bits per heavy atom. The van der Waals surface area contributed by atoms with E-state index in [1.807, 2.05) is 58.5 Å². The summed E-state index contributed by atoms with van der Waals surface area (Å²) in [5.74, 6) is 0.167. The molecule has 6 nitrogen and oxygen atoms in total. The summed E-state index contributed by atoms with van der Waals surface area (Å²) >= 11 is 0. The first kappa shape index (κ1) is 25.2. The van der Waals surface area contributed by atoms with Crippen LogP contribution in [-0.4, -0.2) is 51.8 Å². The number of pyridine rings is 1. The minimum Gasteiger partial charge on any atom is -0.336 e. The van der Waals surface area contributed by atoms with Crippen LogP contribution in [0, 0.1) is 6.92 Å². The second-order valence-electron chi connectivity index (χ2n) is 10.4. The monoisotopic (exact) mass is 496 g/mol. The van der Waals surface area contributed by atoms with Crippen LogP contribution in [0.3, 0.4) is 0 Å². The van der Waals surface area contributed by atoms with Crippen LogP contribution in [0.25, 0.3) is 0 Å². The summed E-state index contributed by atoms with van der Waals surface area (Å²) in [5.41, 5.74) is 5.32. The zero-order chi connectivity index (χ0) is 25.8. The lowest BCUT2D eigenvalue weighted by Crippen LogP contribution is -2.45. The molecule has 2 amide bonds. The summed E-state index contributed by atoms with van der Waals surface area (Å²) < 4.78 is 0. The first-order valence-corrected chi connectivity index (χ1v) is 13.3. The van der Waals surface area contributed by atoms with Gasteiger partial charge in [-0.25, -0.2) is 0 Å². The van der Waals surface area contributed by atoms with E-state index >= 15 is 0 Å². The number of aryl methyl sites for hydroxylation is 1. The van der Waals surface area contributed by atoms with Crippen LogP contribution in [0.2, 0.25) is 0 Å². The highest BCUT2D eigenvalue weighted by Gasteiger charge is 2.36. The molecule has 0 aliphatic carbocycles. The van der Waals surface area contributed by atoms with Crippen molar-refractivity contribution < 1.29 is 9.59 Å². The predicted molar refractivity (Wildman–Crippen MR) is 146 cm³/mol. The Kier molecular flexibility index (Phi) is 7.65. The van der Waals surface area contributed by atoms with Crippen molar-refractivity contribution in [3.63, 3.8) is 0 Å². The van der Waals surface area contributed by atoms with Gasteiger partial charge >= 0.3 is 0 Å². The standard InChI is InChI=1S/C31H36N4O2/c1-23-8-3-4-10-26(23)18-31(37)33-21-27-11-5-6-12-30(27)34(24(2)36)17-15-28-13-14-29(22-33)35(28)20-25-9-7-16-32-19-25/h3-12,16,19,28-29H,13-15,17-18,20-22H2,1-2H3. The Bertz CT molecular complexity index is 1240. The van der Waals surface area contributed by atoms with Gasteiger partial charge < -0.3 is 9.80 Å². The minimum absolute atomic E-state index is 0.0397. The maximum Gasteiger partial charge on any atom is 0.227 e. The maximum atomic E-state index is 13.9. The van der Waals surface area contributed by atoms with Gasteiger partial charge in [-0.15, -0.1) is 0 Å². The molecule has 5 rings (SSSR count). The molecule has 2 aliphatic rings. The quantitative estimate of drug-likeness (QED) is 0.523. The van der Waals surface area contributed by atoms with Crippen molar-refractivity contribution >= 4 is 17.5 Å². The topological polar surface area (TPSA) is 56.8 Å². The summed E-state index contributed by atoms with van der Waals surface area (Å²) in [5, 5.41) is 0. The molecule has 1 fully saturated rings. The molecule has 0 radical (unpaired) electrons. The Morgan fingerprint density at radius 2 is 1.73 bits per heavy atom. The number of hydrogen-bond donors (Lipinski definition) is 0. The average Bonchev–Trinajstić information content (AvgIpc) is 3.25. The number of fused-ring (bicyclic) bond motifs is 3. The highest BCUT2D eigenvalue weighted by Crippen LogP contribution is 2.32. The number of carbonyl (C=O) groups excluding carboxylic acids is 2. The van der Waals surface area contributed by atoms with Crippen molar-refractivity contribution in [1.29, 1.82) is 0 Å². The molecule has 3 heterocycles. The van der Waals surface area contributed by atoms with Gasteiger partial charge in [-0.1, -0.05) is 48.5 Å². The number of benzene rings is 2. The third-order valence-corrected chi connectivity index (χ3v) is 7.96. The number of hydrogen-bond acceptors (Lipinski definition) is 4. The average molecular weight is 497 g/mol. The number of para-hydroxylation sites is 1. The van der Waals surface area contributed by atoms with Crippen LogP contribution in [0.5, 0.6) is 0 Å². The van der Waals surface area contributed by atoms with Gasteiger partial charge in [0.25, 0.3) is 0 Å². The molecule has 0 N–H and O–H groups in total. The minimum atomic E-state index is 0.0397. The van der Waals surface area contributed by atoms with Crippen LogP contribution in [0.4, 0.5) is 5.69 Å². The summed E-state index contributed by atoms with van der Waals surface area (Å²) in [6, 6.07) is 20.9. The van der Waals surface area contributed by atoms with Crippen LogP contribution in [0.1, 0.15) is 48.4 Å². The number of rotatable bonds is 4. The number of anilines is 1. The maximum absolute atomic E-state index is 13.9. The van der Waals surface area contributed by atoms with Gasteiger partial charge in [0.15, 0.2) is 0 Å². The van der Waals surface area contributed by atoms with Gasteiger partial charge in [0.1, 0.15) is 0 Å². The lowest BCUT2D eigenvalue weighted by atomic mass is 10.0. The van der Waals surface area contributed by atoms with Gasteiger partial charge in [-0.3, -0.25) is 19.5 Å². The summed E-state index contributed by atoms with van der Waals surface area (Å²) in [4.78, 5) is 37.5. The normalized spacial score (nSPS) is 20.3. The number of aromatic nitrogens is 1. The summed E-state index contributed by atoms with van der Waals surface area (Å²) in [6.45, 7) is 6.35. The Hall–Kier alpha value is -3.51. The van der Waals surface area contributed by atoms with Crippen molar-refractivity contribution in [3.05, 3.63) is 95.3 Å². The zero-order valence-corrected chi connectivity index (χ0v) is 21.8. The lowest BCUT2D eigenvalue weighted by Gasteiger charge is -2.34. The lowest BCUT2D eigenvalue weighted by molar-refractivity contribution is -0.132. The molecule has 1 aromatic heterocycles. The number of amides is 2. The molecule has 2 unspecified atom stereocenters. The van der Waals surface area contributed by atoms with Crippen LogP contribution >= 0.6 is 0 Å². The molecule has 0 spiro atoms. The van der Waals surface area contributed by atoms with E-state index < -0.39 is 0 Å². The second-order valence-corrected chi connectivity index (χ2v) is 10.4. The molecule has 1 saturated heterocycles. The van der Waals surface area contributed by atoms with Crippen LogP contribution < -0.4 is 4.90 Å². The van der Waals surface area contributed by atoms with Gasteiger partial charge in [0, 0.05) is 63.3 Å². The number of nitrogens with zero attached hydrogens (tertiary/aromatic N) is 4. The van der Waals surface area contributed by atoms with Crippen molar-refractivity contribution in [1.82, 2.24) is 14.8 Å². The molecule has 3 aromatic rings. The van der Waals surface area contributed by atoms with Crippen molar-refractivity contribution in [2.75, 3.05) is 18.0 Å². The Labute approximate surface area is 219 Å². The third-order valence-electron chi connectivity index (χ3n) is 7.96. The molecular formula is C31H36N4O2. The predicted octanol–water partition coefficient (Wildman–Crippen LogP) is 4.75. The first-order chi connectivity index (χ1) is 18.0. The third kappa shape index (κ3) is 5.75.